The quantitative estimate of drug-likeness (QED) is 0.470. The van der Waals surface area contributed by atoms with Crippen LogP contribution < -0.4 is 4.74 Å². The minimum atomic E-state index is -0.639. The monoisotopic (exact) mass is 380 g/mol. The normalized spacial score (nSPS) is 22.2. The Balaban J connectivity index is 1.54. The van der Waals surface area contributed by atoms with Gasteiger partial charge in [-0.3, -0.25) is 0 Å². The van der Waals surface area contributed by atoms with E-state index >= 15 is 0 Å². The van der Waals surface area contributed by atoms with Crippen molar-refractivity contribution in [3.63, 3.8) is 0 Å². The van der Waals surface area contributed by atoms with Gasteiger partial charge >= 0.3 is 0 Å². The lowest BCUT2D eigenvalue weighted by Crippen LogP contribution is -2.30. The molecule has 2 nitrogen and oxygen atoms in total. The Hall–Kier alpha value is -1.80. The first-order valence-electron chi connectivity index (χ1n) is 11.2. The zero-order valence-electron chi connectivity index (χ0n) is 17.6. The molecule has 2 heteroatoms. The molecule has 28 heavy (non-hydrogen) atoms. The van der Waals surface area contributed by atoms with E-state index in [1.54, 1.807) is 0 Å². The number of ether oxygens (including phenoxy) is 1. The van der Waals surface area contributed by atoms with Crippen molar-refractivity contribution in [2.75, 3.05) is 6.61 Å². The molecule has 1 saturated carbocycles. The number of aliphatic hydroxyl groups is 1. The van der Waals surface area contributed by atoms with Crippen LogP contribution in [0.5, 0.6) is 5.75 Å². The van der Waals surface area contributed by atoms with Crippen molar-refractivity contribution < 1.29 is 9.84 Å². The third kappa shape index (κ3) is 5.61. The first-order valence-corrected chi connectivity index (χ1v) is 11.2. The van der Waals surface area contributed by atoms with Gasteiger partial charge in [-0.2, -0.15) is 0 Å². The van der Waals surface area contributed by atoms with Crippen LogP contribution in [0.15, 0.2) is 48.5 Å². The van der Waals surface area contributed by atoms with Crippen molar-refractivity contribution in [3.8, 4) is 16.9 Å². The summed E-state index contributed by atoms with van der Waals surface area (Å²) in [5, 5.41) is 11.0. The van der Waals surface area contributed by atoms with Crippen LogP contribution in [0.2, 0.25) is 0 Å². The van der Waals surface area contributed by atoms with Gasteiger partial charge in [-0.15, -0.1) is 0 Å². The topological polar surface area (TPSA) is 29.5 Å². The lowest BCUT2D eigenvalue weighted by atomic mass is 9.75. The van der Waals surface area contributed by atoms with Crippen LogP contribution in [0, 0.1) is 5.92 Å². The Morgan fingerprint density at radius 2 is 1.43 bits per heavy atom. The van der Waals surface area contributed by atoms with Gasteiger partial charge in [0.15, 0.2) is 0 Å². The van der Waals surface area contributed by atoms with E-state index in [0.717, 1.165) is 55.9 Å². The highest BCUT2D eigenvalue weighted by atomic mass is 16.5. The van der Waals surface area contributed by atoms with E-state index in [4.69, 9.17) is 4.74 Å². The molecular weight excluding hydrogens is 344 g/mol. The van der Waals surface area contributed by atoms with E-state index in [-0.39, 0.29) is 0 Å². The van der Waals surface area contributed by atoms with Gasteiger partial charge in [-0.25, -0.2) is 0 Å². The lowest BCUT2D eigenvalue weighted by Gasteiger charge is -2.35. The number of hydrogen-bond acceptors (Lipinski definition) is 2. The number of rotatable bonds is 9. The second-order valence-corrected chi connectivity index (χ2v) is 8.58. The maximum absolute atomic E-state index is 11.0. The first-order chi connectivity index (χ1) is 13.6. The molecule has 1 aliphatic carbocycles. The summed E-state index contributed by atoms with van der Waals surface area (Å²) in [6.45, 7) is 5.32. The standard InChI is InChI=1S/C26H36O2/c1-3-4-5-6-7-20-28-25-14-10-23(11-15-25)22-8-12-24(13-9-22)26(27)18-16-21(2)17-19-26/h8-15,21,27H,3-7,16-20H2,1-2H3. The highest BCUT2D eigenvalue weighted by molar-refractivity contribution is 5.64. The SMILES string of the molecule is CCCCCCCOc1ccc(-c2ccc(C3(O)CCC(C)CC3)cc2)cc1. The van der Waals surface area contributed by atoms with Crippen molar-refractivity contribution >= 4 is 0 Å². The summed E-state index contributed by atoms with van der Waals surface area (Å²) in [5.74, 6) is 1.68. The summed E-state index contributed by atoms with van der Waals surface area (Å²) in [6, 6.07) is 16.8. The molecule has 1 fully saturated rings. The van der Waals surface area contributed by atoms with E-state index in [0.29, 0.717) is 0 Å². The van der Waals surface area contributed by atoms with E-state index in [2.05, 4.69) is 62.4 Å². The van der Waals surface area contributed by atoms with Crippen molar-refractivity contribution in [1.82, 2.24) is 0 Å². The van der Waals surface area contributed by atoms with Crippen LogP contribution >= 0.6 is 0 Å². The van der Waals surface area contributed by atoms with Crippen LogP contribution in [0.1, 0.15) is 77.2 Å². The van der Waals surface area contributed by atoms with E-state index in [1.165, 1.54) is 36.8 Å². The number of benzene rings is 2. The second kappa shape index (κ2) is 10.1. The molecule has 152 valence electrons. The van der Waals surface area contributed by atoms with Gasteiger partial charge in [0, 0.05) is 0 Å². The van der Waals surface area contributed by atoms with E-state index < -0.39 is 5.60 Å². The van der Waals surface area contributed by atoms with Crippen LogP contribution in [0.3, 0.4) is 0 Å². The van der Waals surface area contributed by atoms with Gasteiger partial charge in [0.25, 0.3) is 0 Å². The summed E-state index contributed by atoms with van der Waals surface area (Å²) < 4.78 is 5.86. The molecular formula is C26H36O2. The largest absolute Gasteiger partial charge is 0.494 e. The summed E-state index contributed by atoms with van der Waals surface area (Å²) in [7, 11) is 0. The van der Waals surface area contributed by atoms with Gasteiger partial charge in [0.05, 0.1) is 12.2 Å². The minimum absolute atomic E-state index is 0.639. The highest BCUT2D eigenvalue weighted by Crippen LogP contribution is 2.39. The third-order valence-electron chi connectivity index (χ3n) is 6.23. The smallest absolute Gasteiger partial charge is 0.119 e. The summed E-state index contributed by atoms with van der Waals surface area (Å²) in [4.78, 5) is 0. The molecule has 0 saturated heterocycles. The zero-order valence-corrected chi connectivity index (χ0v) is 17.6. The van der Waals surface area contributed by atoms with Gasteiger partial charge in [-0.1, -0.05) is 75.9 Å². The molecule has 0 spiro atoms. The van der Waals surface area contributed by atoms with Crippen LogP contribution in [-0.2, 0) is 5.60 Å². The fraction of sp³-hybridized carbons (Fsp3) is 0.538. The predicted molar refractivity (Wildman–Crippen MR) is 118 cm³/mol. The maximum Gasteiger partial charge on any atom is 0.119 e. The second-order valence-electron chi connectivity index (χ2n) is 8.58. The molecule has 3 rings (SSSR count). The minimum Gasteiger partial charge on any atom is -0.494 e. The fourth-order valence-corrected chi connectivity index (χ4v) is 4.14. The molecule has 1 N–H and O–H groups in total. The Morgan fingerprint density at radius 3 is 2.04 bits per heavy atom. The van der Waals surface area contributed by atoms with Crippen molar-refractivity contribution in [2.24, 2.45) is 5.92 Å². The summed E-state index contributed by atoms with van der Waals surface area (Å²) in [5.41, 5.74) is 2.79. The fourth-order valence-electron chi connectivity index (χ4n) is 4.14. The zero-order chi connectivity index (χ0) is 19.8. The molecule has 1 aliphatic rings. The lowest BCUT2D eigenvalue weighted by molar-refractivity contribution is -0.0120. The summed E-state index contributed by atoms with van der Waals surface area (Å²) in [6.07, 6.45) is 10.3. The van der Waals surface area contributed by atoms with Gasteiger partial charge in [0.2, 0.25) is 0 Å². The van der Waals surface area contributed by atoms with Crippen molar-refractivity contribution in [2.45, 2.75) is 77.2 Å². The van der Waals surface area contributed by atoms with Crippen LogP contribution in [0.25, 0.3) is 11.1 Å². The molecule has 0 bridgehead atoms. The Kier molecular flexibility index (Phi) is 7.56. The molecule has 0 unspecified atom stereocenters. The Labute approximate surface area is 170 Å². The molecule has 2 aromatic carbocycles. The van der Waals surface area contributed by atoms with Gasteiger partial charge < -0.3 is 9.84 Å². The molecule has 0 radical (unpaired) electrons. The maximum atomic E-state index is 11.0. The molecule has 0 amide bonds. The predicted octanol–water partition coefficient (Wildman–Crippen LogP) is 7.10. The molecule has 0 aliphatic heterocycles. The molecule has 2 aromatic rings. The number of hydrogen-bond donors (Lipinski definition) is 1. The number of unbranched alkanes of at least 4 members (excludes halogenated alkanes) is 4. The van der Waals surface area contributed by atoms with E-state index in [9.17, 15) is 5.11 Å². The van der Waals surface area contributed by atoms with E-state index in [1.807, 2.05) is 0 Å². The molecule has 0 aromatic heterocycles. The molecule has 0 atom stereocenters. The first kappa shape index (κ1) is 20.9. The molecule has 0 heterocycles. The summed E-state index contributed by atoms with van der Waals surface area (Å²) >= 11 is 0. The van der Waals surface area contributed by atoms with Gasteiger partial charge in [0.1, 0.15) is 5.75 Å². The van der Waals surface area contributed by atoms with Crippen molar-refractivity contribution in [1.29, 1.82) is 0 Å². The van der Waals surface area contributed by atoms with Crippen LogP contribution in [-0.4, -0.2) is 11.7 Å². The third-order valence-corrected chi connectivity index (χ3v) is 6.23. The Bertz CT molecular complexity index is 694. The van der Waals surface area contributed by atoms with Gasteiger partial charge in [-0.05, 0) is 66.8 Å². The average Bonchev–Trinajstić information content (AvgIpc) is 2.73. The highest BCUT2D eigenvalue weighted by Gasteiger charge is 2.33. The van der Waals surface area contributed by atoms with Crippen LogP contribution in [0.4, 0.5) is 0 Å². The average molecular weight is 381 g/mol. The Morgan fingerprint density at radius 1 is 0.857 bits per heavy atom. The van der Waals surface area contributed by atoms with Crippen molar-refractivity contribution in [3.05, 3.63) is 54.1 Å².